The van der Waals surface area contributed by atoms with Gasteiger partial charge in [-0.05, 0) is 24.6 Å². The van der Waals surface area contributed by atoms with Gasteiger partial charge in [-0.1, -0.05) is 18.2 Å². The molecule has 2 aromatic rings. The molecule has 0 aliphatic carbocycles. The normalized spacial score (nSPS) is 10.9. The molecule has 0 aromatic heterocycles. The van der Waals surface area contributed by atoms with Gasteiger partial charge in [0.05, 0.1) is 30.5 Å². The summed E-state index contributed by atoms with van der Waals surface area (Å²) >= 11 is 0. The third-order valence-corrected chi connectivity index (χ3v) is 5.24. The number of hydrogen-bond donors (Lipinski definition) is 1. The molecule has 0 bridgehead atoms. The lowest BCUT2D eigenvalue weighted by Gasteiger charge is -2.23. The van der Waals surface area contributed by atoms with Crippen LogP contribution >= 0.6 is 0 Å². The number of amides is 1. The van der Waals surface area contributed by atoms with Gasteiger partial charge in [0.15, 0.2) is 11.5 Å². The van der Waals surface area contributed by atoms with E-state index in [1.807, 2.05) is 0 Å². The van der Waals surface area contributed by atoms with E-state index in [4.69, 9.17) is 9.47 Å². The van der Waals surface area contributed by atoms with Crippen LogP contribution < -0.4 is 19.1 Å². The number of ether oxygens (including phenoxy) is 2. The fourth-order valence-corrected chi connectivity index (χ4v) is 3.54. The maximum absolute atomic E-state index is 12.3. The van der Waals surface area contributed by atoms with Crippen LogP contribution in [0.25, 0.3) is 0 Å². The highest BCUT2D eigenvalue weighted by Crippen LogP contribution is 2.27. The van der Waals surface area contributed by atoms with Gasteiger partial charge in [-0.3, -0.25) is 19.2 Å². The quantitative estimate of drug-likeness (QED) is 0.341. The summed E-state index contributed by atoms with van der Waals surface area (Å²) in [5.74, 6) is 0.488. The van der Waals surface area contributed by atoms with Crippen molar-refractivity contribution >= 4 is 27.3 Å². The first-order valence-corrected chi connectivity index (χ1v) is 10.7. The van der Waals surface area contributed by atoms with Crippen molar-refractivity contribution in [1.82, 2.24) is 5.32 Å². The van der Waals surface area contributed by atoms with Crippen LogP contribution in [0.15, 0.2) is 42.5 Å². The first-order chi connectivity index (χ1) is 14.1. The fourth-order valence-electron chi connectivity index (χ4n) is 2.64. The number of para-hydroxylation sites is 2. The summed E-state index contributed by atoms with van der Waals surface area (Å²) in [4.78, 5) is 22.7. The molecule has 10 nitrogen and oxygen atoms in total. The Morgan fingerprint density at radius 1 is 1.20 bits per heavy atom. The van der Waals surface area contributed by atoms with Crippen LogP contribution in [0.5, 0.6) is 11.5 Å². The van der Waals surface area contributed by atoms with Crippen molar-refractivity contribution in [3.8, 4) is 11.5 Å². The van der Waals surface area contributed by atoms with E-state index >= 15 is 0 Å². The van der Waals surface area contributed by atoms with Crippen molar-refractivity contribution in [3.63, 3.8) is 0 Å². The molecule has 162 valence electrons. The number of nitro benzene ring substituents is 1. The number of non-ortho nitro benzene ring substituents is 1. The number of hydrogen-bond acceptors (Lipinski definition) is 7. The van der Waals surface area contributed by atoms with Crippen LogP contribution in [0.2, 0.25) is 0 Å². The van der Waals surface area contributed by atoms with Gasteiger partial charge in [0.25, 0.3) is 5.69 Å². The molecule has 0 unspecified atom stereocenters. The van der Waals surface area contributed by atoms with E-state index in [1.165, 1.54) is 19.2 Å². The van der Waals surface area contributed by atoms with Gasteiger partial charge in [0, 0.05) is 12.1 Å². The Labute approximate surface area is 174 Å². The first-order valence-electron chi connectivity index (χ1n) is 8.88. The molecule has 0 saturated heterocycles. The number of rotatable bonds is 10. The monoisotopic (exact) mass is 437 g/mol. The molecule has 1 amide bonds. The number of carbonyl (C=O) groups excluding carboxylic acids is 1. The minimum Gasteiger partial charge on any atom is -0.493 e. The van der Waals surface area contributed by atoms with Crippen molar-refractivity contribution in [1.29, 1.82) is 0 Å². The molecular formula is C19H23N3O7S. The summed E-state index contributed by atoms with van der Waals surface area (Å²) in [6, 6.07) is 10.9. The number of anilines is 1. The minimum atomic E-state index is -3.86. The zero-order valence-electron chi connectivity index (χ0n) is 16.8. The molecule has 2 rings (SSSR count). The number of carbonyl (C=O) groups is 1. The van der Waals surface area contributed by atoms with Crippen molar-refractivity contribution in [2.75, 3.05) is 37.4 Å². The molecule has 0 fully saturated rings. The van der Waals surface area contributed by atoms with Gasteiger partial charge in [-0.2, -0.15) is 0 Å². The second-order valence-corrected chi connectivity index (χ2v) is 8.25. The van der Waals surface area contributed by atoms with Gasteiger partial charge in [0.2, 0.25) is 15.9 Å². The number of methoxy groups -OCH3 is 1. The molecule has 11 heteroatoms. The van der Waals surface area contributed by atoms with E-state index < -0.39 is 27.4 Å². The van der Waals surface area contributed by atoms with Crippen molar-refractivity contribution in [2.45, 2.75) is 6.92 Å². The summed E-state index contributed by atoms with van der Waals surface area (Å²) in [5, 5.41) is 13.6. The average Bonchev–Trinajstić information content (AvgIpc) is 2.69. The number of nitrogens with zero attached hydrogens (tertiary/aromatic N) is 2. The molecule has 0 aliphatic rings. The number of nitro groups is 1. The molecule has 0 atom stereocenters. The fraction of sp³-hybridized carbons (Fsp3) is 0.316. The van der Waals surface area contributed by atoms with E-state index in [0.717, 1.165) is 16.6 Å². The summed E-state index contributed by atoms with van der Waals surface area (Å²) in [7, 11) is -2.34. The molecule has 0 heterocycles. The molecule has 0 saturated carbocycles. The standard InChI is InChI=1S/C19H23N3O7S/c1-14-8-9-15(22(24)25)12-16(14)21(30(3,26)27)13-19(23)20-10-11-29-18-7-5-4-6-17(18)28-2/h4-9,12H,10-11,13H2,1-3H3,(H,20,23). The lowest BCUT2D eigenvalue weighted by molar-refractivity contribution is -0.384. The lowest BCUT2D eigenvalue weighted by atomic mass is 10.2. The van der Waals surface area contributed by atoms with Gasteiger partial charge >= 0.3 is 0 Å². The Morgan fingerprint density at radius 3 is 2.47 bits per heavy atom. The van der Waals surface area contributed by atoms with E-state index in [-0.39, 0.29) is 24.5 Å². The Balaban J connectivity index is 2.03. The molecular weight excluding hydrogens is 414 g/mol. The SMILES string of the molecule is COc1ccccc1OCCNC(=O)CN(c1cc([N+](=O)[O-])ccc1C)S(C)(=O)=O. The number of sulfonamides is 1. The third-order valence-electron chi connectivity index (χ3n) is 4.11. The van der Waals surface area contributed by atoms with Gasteiger partial charge in [0.1, 0.15) is 13.2 Å². The van der Waals surface area contributed by atoms with Crippen LogP contribution in [0.3, 0.4) is 0 Å². The highest BCUT2D eigenvalue weighted by molar-refractivity contribution is 7.92. The maximum atomic E-state index is 12.3. The van der Waals surface area contributed by atoms with Gasteiger partial charge in [-0.25, -0.2) is 8.42 Å². The van der Waals surface area contributed by atoms with Crippen molar-refractivity contribution in [3.05, 3.63) is 58.1 Å². The Kier molecular flexibility index (Phi) is 7.59. The summed E-state index contributed by atoms with van der Waals surface area (Å²) in [5.41, 5.74) is 0.292. The Bertz CT molecular complexity index is 1020. The van der Waals surface area contributed by atoms with Crippen LogP contribution in [0.4, 0.5) is 11.4 Å². The molecule has 0 aliphatic heterocycles. The van der Waals surface area contributed by atoms with E-state index in [1.54, 1.807) is 31.2 Å². The predicted octanol–water partition coefficient (Wildman–Crippen LogP) is 1.87. The molecule has 0 radical (unpaired) electrons. The molecule has 2 aromatic carbocycles. The molecule has 1 N–H and O–H groups in total. The summed E-state index contributed by atoms with van der Waals surface area (Å²) in [6.45, 7) is 1.36. The minimum absolute atomic E-state index is 0.0760. The molecule has 0 spiro atoms. The highest BCUT2D eigenvalue weighted by atomic mass is 32.2. The van der Waals surface area contributed by atoms with E-state index in [9.17, 15) is 23.3 Å². The topological polar surface area (TPSA) is 128 Å². The Hall–Kier alpha value is -3.34. The van der Waals surface area contributed by atoms with E-state index in [0.29, 0.717) is 17.1 Å². The number of nitrogens with one attached hydrogen (secondary N) is 1. The Morgan fingerprint density at radius 2 is 1.87 bits per heavy atom. The summed E-state index contributed by atoms with van der Waals surface area (Å²) in [6.07, 6.45) is 0.934. The lowest BCUT2D eigenvalue weighted by Crippen LogP contribution is -2.41. The number of benzene rings is 2. The van der Waals surface area contributed by atoms with E-state index in [2.05, 4.69) is 5.32 Å². The summed E-state index contributed by atoms with van der Waals surface area (Å²) < 4.78 is 36.0. The average molecular weight is 437 g/mol. The predicted molar refractivity (Wildman–Crippen MR) is 112 cm³/mol. The van der Waals surface area contributed by atoms with Crippen molar-refractivity contribution in [2.24, 2.45) is 0 Å². The van der Waals surface area contributed by atoms with Crippen LogP contribution in [0, 0.1) is 17.0 Å². The highest BCUT2D eigenvalue weighted by Gasteiger charge is 2.24. The van der Waals surface area contributed by atoms with Crippen LogP contribution in [-0.2, 0) is 14.8 Å². The van der Waals surface area contributed by atoms with Crippen molar-refractivity contribution < 1.29 is 27.6 Å². The van der Waals surface area contributed by atoms with Gasteiger partial charge < -0.3 is 14.8 Å². The smallest absolute Gasteiger partial charge is 0.271 e. The third kappa shape index (κ3) is 6.08. The zero-order chi connectivity index (χ0) is 22.3. The van der Waals surface area contributed by atoms with Crippen LogP contribution in [-0.4, -0.2) is 52.3 Å². The zero-order valence-corrected chi connectivity index (χ0v) is 17.6. The maximum Gasteiger partial charge on any atom is 0.271 e. The largest absolute Gasteiger partial charge is 0.493 e. The molecule has 30 heavy (non-hydrogen) atoms. The first kappa shape index (κ1) is 22.9. The van der Waals surface area contributed by atoms with Gasteiger partial charge in [-0.15, -0.1) is 0 Å². The van der Waals surface area contributed by atoms with Crippen LogP contribution in [0.1, 0.15) is 5.56 Å². The number of aryl methyl sites for hydroxylation is 1. The second-order valence-electron chi connectivity index (χ2n) is 6.35. The second kappa shape index (κ2) is 9.92.